The molecule has 2 aromatic carbocycles. The van der Waals surface area contributed by atoms with Crippen LogP contribution in [0.3, 0.4) is 0 Å². The van der Waals surface area contributed by atoms with E-state index in [9.17, 15) is 5.11 Å². The highest BCUT2D eigenvalue weighted by molar-refractivity contribution is 5.36. The predicted molar refractivity (Wildman–Crippen MR) is 66.3 cm³/mol. The van der Waals surface area contributed by atoms with Crippen molar-refractivity contribution < 1.29 is 5.11 Å². The molecule has 0 heterocycles. The fourth-order valence-corrected chi connectivity index (χ4v) is 1.88. The first-order valence-electron chi connectivity index (χ1n) is 5.46. The Balaban J connectivity index is 2.47. The lowest BCUT2D eigenvalue weighted by molar-refractivity contribution is 0.102. The summed E-state index contributed by atoms with van der Waals surface area (Å²) in [6.07, 6.45) is 0. The van der Waals surface area contributed by atoms with Crippen molar-refractivity contribution in [1.29, 1.82) is 0 Å². The molecule has 0 saturated heterocycles. The minimum absolute atomic E-state index is 0.917. The van der Waals surface area contributed by atoms with Crippen LogP contribution < -0.4 is 0 Å². The van der Waals surface area contributed by atoms with Gasteiger partial charge >= 0.3 is 0 Å². The number of aryl methyl sites for hydroxylation is 1. The summed E-state index contributed by atoms with van der Waals surface area (Å²) in [6, 6.07) is 17.7. The zero-order valence-corrected chi connectivity index (χ0v) is 9.64. The molecule has 2 rings (SSSR count). The highest BCUT2D eigenvalue weighted by Crippen LogP contribution is 2.29. The molecule has 82 valence electrons. The van der Waals surface area contributed by atoms with Gasteiger partial charge < -0.3 is 5.11 Å². The molecule has 0 spiro atoms. The van der Waals surface area contributed by atoms with E-state index in [0.29, 0.717) is 0 Å². The standard InChI is InChI=1S/C15H16O/c1-12-7-6-10-14(11-12)15(2,16)13-8-4-3-5-9-13/h3-11,16H,1-2H3/t15-/m1/s1. The van der Waals surface area contributed by atoms with Gasteiger partial charge in [-0.2, -0.15) is 0 Å². The molecule has 0 aliphatic rings. The molecule has 0 fully saturated rings. The van der Waals surface area contributed by atoms with Gasteiger partial charge in [0.2, 0.25) is 0 Å². The highest BCUT2D eigenvalue weighted by Gasteiger charge is 2.24. The zero-order valence-electron chi connectivity index (χ0n) is 9.64. The first kappa shape index (κ1) is 10.9. The Kier molecular flexibility index (Phi) is 2.80. The van der Waals surface area contributed by atoms with Gasteiger partial charge in [-0.05, 0) is 25.0 Å². The molecule has 0 amide bonds. The lowest BCUT2D eigenvalue weighted by Gasteiger charge is -2.24. The first-order valence-corrected chi connectivity index (χ1v) is 5.46. The van der Waals surface area contributed by atoms with Gasteiger partial charge in [0.05, 0.1) is 0 Å². The second-order valence-electron chi connectivity index (χ2n) is 4.31. The summed E-state index contributed by atoms with van der Waals surface area (Å²) >= 11 is 0. The molecule has 1 nitrogen and oxygen atoms in total. The Labute approximate surface area is 96.4 Å². The van der Waals surface area contributed by atoms with E-state index in [1.807, 2.05) is 68.4 Å². The summed E-state index contributed by atoms with van der Waals surface area (Å²) < 4.78 is 0. The van der Waals surface area contributed by atoms with Crippen molar-refractivity contribution in [1.82, 2.24) is 0 Å². The number of hydrogen-bond donors (Lipinski definition) is 1. The van der Waals surface area contributed by atoms with Crippen LogP contribution in [-0.2, 0) is 5.60 Å². The number of rotatable bonds is 2. The van der Waals surface area contributed by atoms with E-state index in [-0.39, 0.29) is 0 Å². The third-order valence-electron chi connectivity index (χ3n) is 2.92. The minimum Gasteiger partial charge on any atom is -0.381 e. The lowest BCUT2D eigenvalue weighted by Crippen LogP contribution is -2.22. The van der Waals surface area contributed by atoms with Crippen LogP contribution in [0.1, 0.15) is 23.6 Å². The fraction of sp³-hybridized carbons (Fsp3) is 0.200. The maximum atomic E-state index is 10.6. The van der Waals surface area contributed by atoms with E-state index >= 15 is 0 Å². The van der Waals surface area contributed by atoms with Crippen molar-refractivity contribution >= 4 is 0 Å². The quantitative estimate of drug-likeness (QED) is 0.810. The summed E-state index contributed by atoms with van der Waals surface area (Å²) in [4.78, 5) is 0. The maximum absolute atomic E-state index is 10.6. The van der Waals surface area contributed by atoms with E-state index in [2.05, 4.69) is 0 Å². The molecule has 1 heteroatoms. The van der Waals surface area contributed by atoms with Gasteiger partial charge in [0.1, 0.15) is 5.60 Å². The fourth-order valence-electron chi connectivity index (χ4n) is 1.88. The van der Waals surface area contributed by atoms with Crippen LogP contribution in [0.2, 0.25) is 0 Å². The van der Waals surface area contributed by atoms with E-state index in [4.69, 9.17) is 0 Å². The molecule has 0 aliphatic heterocycles. The Morgan fingerprint density at radius 1 is 0.875 bits per heavy atom. The lowest BCUT2D eigenvalue weighted by atomic mass is 9.88. The second kappa shape index (κ2) is 4.11. The molecule has 2 aromatic rings. The summed E-state index contributed by atoms with van der Waals surface area (Å²) in [5.74, 6) is 0. The van der Waals surface area contributed by atoms with E-state index in [1.54, 1.807) is 0 Å². The predicted octanol–water partition coefficient (Wildman–Crippen LogP) is 3.25. The van der Waals surface area contributed by atoms with Gasteiger partial charge in [0, 0.05) is 0 Å². The molecule has 1 atom stereocenters. The SMILES string of the molecule is Cc1cccc([C@](C)(O)c2ccccc2)c1. The van der Waals surface area contributed by atoms with Crippen LogP contribution in [0.4, 0.5) is 0 Å². The van der Waals surface area contributed by atoms with Crippen molar-refractivity contribution in [2.24, 2.45) is 0 Å². The summed E-state index contributed by atoms with van der Waals surface area (Å²) in [6.45, 7) is 3.86. The number of benzene rings is 2. The number of hydrogen-bond acceptors (Lipinski definition) is 1. The number of aliphatic hydroxyl groups is 1. The Morgan fingerprint density at radius 2 is 1.50 bits per heavy atom. The minimum atomic E-state index is -0.923. The van der Waals surface area contributed by atoms with Gasteiger partial charge in [-0.1, -0.05) is 60.2 Å². The van der Waals surface area contributed by atoms with Crippen LogP contribution >= 0.6 is 0 Å². The topological polar surface area (TPSA) is 20.2 Å². The average molecular weight is 212 g/mol. The largest absolute Gasteiger partial charge is 0.381 e. The summed E-state index contributed by atoms with van der Waals surface area (Å²) in [5.41, 5.74) is 2.08. The van der Waals surface area contributed by atoms with Gasteiger partial charge in [-0.15, -0.1) is 0 Å². The first-order chi connectivity index (χ1) is 7.60. The third kappa shape index (κ3) is 2.00. The Bertz CT molecular complexity index is 472. The van der Waals surface area contributed by atoms with Crippen molar-refractivity contribution in [2.45, 2.75) is 19.4 Å². The van der Waals surface area contributed by atoms with Crippen LogP contribution in [0.15, 0.2) is 54.6 Å². The molecule has 0 bridgehead atoms. The van der Waals surface area contributed by atoms with Gasteiger partial charge in [-0.3, -0.25) is 0 Å². The summed E-state index contributed by atoms with van der Waals surface area (Å²) in [5, 5.41) is 10.6. The summed E-state index contributed by atoms with van der Waals surface area (Å²) in [7, 11) is 0. The van der Waals surface area contributed by atoms with Crippen molar-refractivity contribution in [3.63, 3.8) is 0 Å². The molecular weight excluding hydrogens is 196 g/mol. The molecule has 1 N–H and O–H groups in total. The van der Waals surface area contributed by atoms with Gasteiger partial charge in [-0.25, -0.2) is 0 Å². The van der Waals surface area contributed by atoms with Crippen molar-refractivity contribution in [3.8, 4) is 0 Å². The zero-order chi connectivity index (χ0) is 11.6. The van der Waals surface area contributed by atoms with E-state index in [0.717, 1.165) is 16.7 Å². The van der Waals surface area contributed by atoms with E-state index in [1.165, 1.54) is 0 Å². The second-order valence-corrected chi connectivity index (χ2v) is 4.31. The molecular formula is C15H16O. The molecule has 0 aromatic heterocycles. The van der Waals surface area contributed by atoms with Crippen LogP contribution in [0, 0.1) is 6.92 Å². The Morgan fingerprint density at radius 3 is 2.12 bits per heavy atom. The van der Waals surface area contributed by atoms with Gasteiger partial charge in [0.15, 0.2) is 0 Å². The Hall–Kier alpha value is -1.60. The van der Waals surface area contributed by atoms with Crippen molar-refractivity contribution in [3.05, 3.63) is 71.3 Å². The molecule has 0 radical (unpaired) electrons. The maximum Gasteiger partial charge on any atom is 0.112 e. The highest BCUT2D eigenvalue weighted by atomic mass is 16.3. The van der Waals surface area contributed by atoms with E-state index < -0.39 is 5.60 Å². The van der Waals surface area contributed by atoms with Gasteiger partial charge in [0.25, 0.3) is 0 Å². The van der Waals surface area contributed by atoms with Crippen LogP contribution in [-0.4, -0.2) is 5.11 Å². The van der Waals surface area contributed by atoms with Crippen LogP contribution in [0.25, 0.3) is 0 Å². The van der Waals surface area contributed by atoms with Crippen molar-refractivity contribution in [2.75, 3.05) is 0 Å². The third-order valence-corrected chi connectivity index (χ3v) is 2.92. The molecule has 0 saturated carbocycles. The monoisotopic (exact) mass is 212 g/mol. The molecule has 16 heavy (non-hydrogen) atoms. The van der Waals surface area contributed by atoms with Crippen LogP contribution in [0.5, 0.6) is 0 Å². The molecule has 0 aliphatic carbocycles. The smallest absolute Gasteiger partial charge is 0.112 e. The average Bonchev–Trinajstić information content (AvgIpc) is 2.30. The molecule has 0 unspecified atom stereocenters. The normalized spacial score (nSPS) is 14.4.